The molecule has 36 heavy (non-hydrogen) atoms. The van der Waals surface area contributed by atoms with E-state index in [1.54, 1.807) is 0 Å². The number of aryl methyl sites for hydroxylation is 1. The number of ketones is 1. The van der Waals surface area contributed by atoms with Gasteiger partial charge in [-0.15, -0.1) is 0 Å². The van der Waals surface area contributed by atoms with Crippen molar-refractivity contribution in [1.82, 2.24) is 24.9 Å². The number of carbonyl (C=O) groups excluding carboxylic acids is 1. The average molecular weight is 511 g/mol. The normalized spacial score (nSPS) is 21.2. The molecule has 2 saturated heterocycles. The second-order valence-electron chi connectivity index (χ2n) is 11.6. The second-order valence-corrected chi connectivity index (χ2v) is 12.0. The number of H-pyrrole nitrogens is 1. The lowest BCUT2D eigenvalue weighted by atomic mass is 9.61. The number of fused-ring (bicyclic) bond motifs is 1. The quantitative estimate of drug-likeness (QED) is 0.515. The molecule has 2 aliphatic heterocycles. The van der Waals surface area contributed by atoms with Crippen LogP contribution in [-0.2, 0) is 4.79 Å². The third-order valence-corrected chi connectivity index (χ3v) is 8.97. The number of carbonyl (C=O) groups is 2. The van der Waals surface area contributed by atoms with E-state index in [1.165, 1.54) is 4.90 Å². The molecule has 0 radical (unpaired) electrons. The Balaban J connectivity index is 1.47. The van der Waals surface area contributed by atoms with E-state index >= 15 is 0 Å². The van der Waals surface area contributed by atoms with Crippen molar-refractivity contribution in [2.75, 3.05) is 24.5 Å². The summed E-state index contributed by atoms with van der Waals surface area (Å²) in [4.78, 5) is 27.4. The van der Waals surface area contributed by atoms with Gasteiger partial charge in [0, 0.05) is 65.6 Å². The van der Waals surface area contributed by atoms with Gasteiger partial charge in [0.05, 0.1) is 22.8 Å². The summed E-state index contributed by atoms with van der Waals surface area (Å²) in [5, 5.41) is 23.5. The zero-order chi connectivity index (χ0) is 25.6. The first-order valence-electron chi connectivity index (χ1n) is 12.5. The predicted molar refractivity (Wildman–Crippen MR) is 138 cm³/mol. The number of amides is 1. The van der Waals surface area contributed by atoms with Gasteiger partial charge in [-0.1, -0.05) is 11.6 Å². The lowest BCUT2D eigenvalue weighted by molar-refractivity contribution is -0.121. The Kier molecular flexibility index (Phi) is 5.00. The highest BCUT2D eigenvalue weighted by molar-refractivity contribution is 6.36. The third-order valence-electron chi connectivity index (χ3n) is 8.48. The molecule has 0 unspecified atom stereocenters. The molecule has 6 rings (SSSR count). The highest BCUT2D eigenvalue weighted by Gasteiger charge is 2.55. The Morgan fingerprint density at radius 2 is 1.94 bits per heavy atom. The molecule has 0 bridgehead atoms. The van der Waals surface area contributed by atoms with E-state index in [0.29, 0.717) is 37.5 Å². The minimum atomic E-state index is -0.844. The van der Waals surface area contributed by atoms with E-state index in [9.17, 15) is 14.7 Å². The number of rotatable bonds is 3. The SMILES string of the molecule is Cc1cc2[nH]ncc2c(-c2c(N3CCC(=O)CC3(C)C)nn(C3CC4(C3)CN(C(=O)O)C4)c2C)c1Cl. The number of nitrogens with one attached hydrogen (secondary N) is 1. The standard InChI is InChI=1S/C26H31ClN6O3/c1-14-7-19-18(11-28-29-19)21(22(14)27)20-15(2)33(16-8-26(9-16)12-31(13-26)24(35)36)30-23(20)32-6-5-17(34)10-25(32,3)4/h7,11,16H,5-6,8-10,12-13H2,1-4H3,(H,28,29)(H,35,36). The molecule has 4 heterocycles. The Morgan fingerprint density at radius 1 is 1.22 bits per heavy atom. The van der Waals surface area contributed by atoms with Crippen molar-refractivity contribution in [1.29, 1.82) is 0 Å². The van der Waals surface area contributed by atoms with Crippen molar-refractivity contribution < 1.29 is 14.7 Å². The summed E-state index contributed by atoms with van der Waals surface area (Å²) in [5.74, 6) is 1.12. The summed E-state index contributed by atoms with van der Waals surface area (Å²) in [6, 6.07) is 2.21. The molecule has 0 atom stereocenters. The monoisotopic (exact) mass is 510 g/mol. The fraction of sp³-hybridized carbons (Fsp3) is 0.538. The van der Waals surface area contributed by atoms with Crippen LogP contribution in [0, 0.1) is 19.3 Å². The number of hydrogen-bond donors (Lipinski definition) is 2. The summed E-state index contributed by atoms with van der Waals surface area (Å²) in [5.41, 5.74) is 4.50. The number of hydrogen-bond acceptors (Lipinski definition) is 5. The number of nitrogens with zero attached hydrogens (tertiary/aromatic N) is 5. The van der Waals surface area contributed by atoms with Crippen molar-refractivity contribution >= 4 is 40.2 Å². The van der Waals surface area contributed by atoms with Gasteiger partial charge in [-0.3, -0.25) is 14.6 Å². The molecular formula is C26H31ClN6O3. The van der Waals surface area contributed by atoms with Crippen LogP contribution >= 0.6 is 11.6 Å². The van der Waals surface area contributed by atoms with Crippen LogP contribution in [0.25, 0.3) is 22.0 Å². The van der Waals surface area contributed by atoms with Gasteiger partial charge in [0.25, 0.3) is 0 Å². The van der Waals surface area contributed by atoms with Crippen molar-refractivity contribution in [2.45, 2.75) is 65.0 Å². The smallest absolute Gasteiger partial charge is 0.407 e. The minimum Gasteiger partial charge on any atom is -0.465 e. The van der Waals surface area contributed by atoms with Gasteiger partial charge in [0.1, 0.15) is 5.78 Å². The van der Waals surface area contributed by atoms with E-state index in [0.717, 1.165) is 51.9 Å². The van der Waals surface area contributed by atoms with Crippen LogP contribution in [0.5, 0.6) is 0 Å². The van der Waals surface area contributed by atoms with Crippen LogP contribution < -0.4 is 4.90 Å². The molecule has 1 amide bonds. The molecule has 9 nitrogen and oxygen atoms in total. The van der Waals surface area contributed by atoms with Gasteiger partial charge < -0.3 is 14.9 Å². The Morgan fingerprint density at radius 3 is 2.61 bits per heavy atom. The van der Waals surface area contributed by atoms with E-state index < -0.39 is 6.09 Å². The summed E-state index contributed by atoms with van der Waals surface area (Å²) in [6.45, 7) is 10.1. The molecule has 3 fully saturated rings. The summed E-state index contributed by atoms with van der Waals surface area (Å²) in [6.07, 6.45) is 3.75. The Labute approximate surface area is 214 Å². The maximum Gasteiger partial charge on any atom is 0.407 e. The average Bonchev–Trinajstić information content (AvgIpc) is 3.31. The van der Waals surface area contributed by atoms with Crippen LogP contribution in [0.2, 0.25) is 5.02 Å². The molecule has 1 spiro atoms. The molecule has 2 aromatic heterocycles. The number of piperidine rings is 1. The van der Waals surface area contributed by atoms with E-state index in [4.69, 9.17) is 16.7 Å². The minimum absolute atomic E-state index is 0.0669. The van der Waals surface area contributed by atoms with Crippen molar-refractivity contribution in [2.24, 2.45) is 5.41 Å². The fourth-order valence-corrected chi connectivity index (χ4v) is 6.90. The number of Topliss-reactive ketones (excluding diaryl/α,β-unsaturated/α-hetero) is 1. The molecule has 1 aromatic carbocycles. The fourth-order valence-electron chi connectivity index (χ4n) is 6.65. The topological polar surface area (TPSA) is 107 Å². The van der Waals surface area contributed by atoms with Crippen LogP contribution in [0.3, 0.4) is 0 Å². The van der Waals surface area contributed by atoms with Gasteiger partial charge in [-0.25, -0.2) is 4.79 Å². The number of likely N-dealkylation sites (tertiary alicyclic amines) is 1. The molecule has 3 aromatic rings. The van der Waals surface area contributed by atoms with Gasteiger partial charge in [0.2, 0.25) is 0 Å². The number of anilines is 1. The van der Waals surface area contributed by atoms with E-state index in [2.05, 4.69) is 40.6 Å². The Bertz CT molecular complexity index is 1410. The van der Waals surface area contributed by atoms with Gasteiger partial charge in [-0.05, 0) is 52.2 Å². The van der Waals surface area contributed by atoms with E-state index in [-0.39, 0.29) is 22.8 Å². The molecule has 1 saturated carbocycles. The van der Waals surface area contributed by atoms with Gasteiger partial charge in [-0.2, -0.15) is 10.2 Å². The van der Waals surface area contributed by atoms with Crippen molar-refractivity contribution in [3.05, 3.63) is 28.5 Å². The van der Waals surface area contributed by atoms with Crippen LogP contribution in [0.4, 0.5) is 10.6 Å². The number of benzene rings is 1. The highest BCUT2D eigenvalue weighted by Crippen LogP contribution is 2.55. The third kappa shape index (κ3) is 3.35. The Hall–Kier alpha value is -3.07. The first-order valence-corrected chi connectivity index (χ1v) is 12.9. The summed E-state index contributed by atoms with van der Waals surface area (Å²) >= 11 is 6.99. The summed E-state index contributed by atoms with van der Waals surface area (Å²) in [7, 11) is 0. The highest BCUT2D eigenvalue weighted by atomic mass is 35.5. The van der Waals surface area contributed by atoms with Crippen LogP contribution in [-0.4, -0.2) is 67.0 Å². The zero-order valence-electron chi connectivity index (χ0n) is 21.1. The number of aromatic nitrogens is 4. The first-order chi connectivity index (χ1) is 17.0. The molecule has 1 aliphatic carbocycles. The molecule has 2 N–H and O–H groups in total. The van der Waals surface area contributed by atoms with Crippen molar-refractivity contribution in [3.8, 4) is 11.1 Å². The van der Waals surface area contributed by atoms with Crippen molar-refractivity contribution in [3.63, 3.8) is 0 Å². The first kappa shape index (κ1) is 23.3. The largest absolute Gasteiger partial charge is 0.465 e. The molecule has 10 heteroatoms. The van der Waals surface area contributed by atoms with Gasteiger partial charge in [0.15, 0.2) is 5.82 Å². The number of aromatic amines is 1. The second kappa shape index (κ2) is 7.71. The van der Waals surface area contributed by atoms with Gasteiger partial charge >= 0.3 is 6.09 Å². The molecule has 3 aliphatic rings. The molecular weight excluding hydrogens is 480 g/mol. The van der Waals surface area contributed by atoms with Crippen LogP contribution in [0.15, 0.2) is 12.3 Å². The number of halogens is 1. The van der Waals surface area contributed by atoms with Crippen LogP contribution in [0.1, 0.15) is 56.8 Å². The van der Waals surface area contributed by atoms with E-state index in [1.807, 2.05) is 19.2 Å². The lowest BCUT2D eigenvalue weighted by Crippen LogP contribution is -2.63. The molecule has 190 valence electrons. The summed E-state index contributed by atoms with van der Waals surface area (Å²) < 4.78 is 2.12. The predicted octanol–water partition coefficient (Wildman–Crippen LogP) is 4.96. The maximum absolute atomic E-state index is 12.3. The maximum atomic E-state index is 12.3. The number of carboxylic acid groups (broad SMARTS) is 1. The zero-order valence-corrected chi connectivity index (χ0v) is 21.8. The lowest BCUT2D eigenvalue weighted by Gasteiger charge is -2.58.